The SMILES string of the molecule is CCOC(=O)C1=C(c2ccc3ccccc3c2)C(C)=C1C. The van der Waals surface area contributed by atoms with Crippen molar-refractivity contribution in [2.45, 2.75) is 20.8 Å². The van der Waals surface area contributed by atoms with Gasteiger partial charge in [0, 0.05) is 0 Å². The molecule has 3 rings (SSSR count). The molecule has 0 spiro atoms. The highest BCUT2D eigenvalue weighted by atomic mass is 16.5. The first-order valence-corrected chi connectivity index (χ1v) is 7.22. The molecule has 0 bridgehead atoms. The molecule has 0 saturated carbocycles. The van der Waals surface area contributed by atoms with E-state index in [4.69, 9.17) is 4.74 Å². The molecule has 21 heavy (non-hydrogen) atoms. The van der Waals surface area contributed by atoms with Crippen LogP contribution in [0.4, 0.5) is 0 Å². The van der Waals surface area contributed by atoms with Crippen molar-refractivity contribution in [1.29, 1.82) is 0 Å². The number of ether oxygens (including phenoxy) is 1. The van der Waals surface area contributed by atoms with Crippen molar-refractivity contribution in [2.75, 3.05) is 6.61 Å². The van der Waals surface area contributed by atoms with Crippen molar-refractivity contribution in [3.63, 3.8) is 0 Å². The van der Waals surface area contributed by atoms with Gasteiger partial charge in [-0.3, -0.25) is 0 Å². The summed E-state index contributed by atoms with van der Waals surface area (Å²) in [7, 11) is 0. The van der Waals surface area contributed by atoms with Crippen LogP contribution >= 0.6 is 0 Å². The summed E-state index contributed by atoms with van der Waals surface area (Å²) in [5.74, 6) is -0.219. The van der Waals surface area contributed by atoms with Crippen molar-refractivity contribution in [2.24, 2.45) is 0 Å². The average molecular weight is 278 g/mol. The lowest BCUT2D eigenvalue weighted by atomic mass is 9.78. The average Bonchev–Trinajstić information content (AvgIpc) is 2.51. The Morgan fingerprint density at radius 3 is 2.43 bits per heavy atom. The van der Waals surface area contributed by atoms with Crippen LogP contribution in [0.25, 0.3) is 16.3 Å². The van der Waals surface area contributed by atoms with Gasteiger partial charge < -0.3 is 4.74 Å². The Kier molecular flexibility index (Phi) is 3.38. The second kappa shape index (κ2) is 5.21. The lowest BCUT2D eigenvalue weighted by molar-refractivity contribution is -0.138. The smallest absolute Gasteiger partial charge is 0.339 e. The number of carbonyl (C=O) groups excluding carboxylic acids is 1. The minimum Gasteiger partial charge on any atom is -0.462 e. The fourth-order valence-corrected chi connectivity index (χ4v) is 2.85. The van der Waals surface area contributed by atoms with Crippen molar-refractivity contribution in [3.8, 4) is 0 Å². The summed E-state index contributed by atoms with van der Waals surface area (Å²) in [6.07, 6.45) is 0. The molecule has 0 unspecified atom stereocenters. The van der Waals surface area contributed by atoms with E-state index in [9.17, 15) is 4.79 Å². The Bertz CT molecular complexity index is 794. The van der Waals surface area contributed by atoms with Gasteiger partial charge in [0.2, 0.25) is 0 Å². The zero-order chi connectivity index (χ0) is 15.0. The molecule has 1 aliphatic rings. The summed E-state index contributed by atoms with van der Waals surface area (Å²) in [6, 6.07) is 14.6. The Hall–Kier alpha value is -2.35. The molecule has 0 aromatic heterocycles. The molecule has 0 aliphatic heterocycles. The van der Waals surface area contributed by atoms with Crippen LogP contribution in [0, 0.1) is 0 Å². The number of fused-ring (bicyclic) bond motifs is 1. The molecule has 0 amide bonds. The van der Waals surface area contributed by atoms with E-state index in [-0.39, 0.29) is 5.97 Å². The largest absolute Gasteiger partial charge is 0.462 e. The van der Waals surface area contributed by atoms with Crippen molar-refractivity contribution >= 4 is 22.3 Å². The van der Waals surface area contributed by atoms with Crippen LogP contribution in [-0.4, -0.2) is 12.6 Å². The van der Waals surface area contributed by atoms with Gasteiger partial charge in [0.25, 0.3) is 0 Å². The quantitative estimate of drug-likeness (QED) is 0.772. The number of carbonyl (C=O) groups is 1. The summed E-state index contributed by atoms with van der Waals surface area (Å²) < 4.78 is 5.17. The van der Waals surface area contributed by atoms with Gasteiger partial charge in [-0.2, -0.15) is 0 Å². The third-order valence-electron chi connectivity index (χ3n) is 4.08. The van der Waals surface area contributed by atoms with Gasteiger partial charge in [0.1, 0.15) is 0 Å². The summed E-state index contributed by atoms with van der Waals surface area (Å²) in [5, 5.41) is 2.39. The van der Waals surface area contributed by atoms with E-state index in [0.29, 0.717) is 6.61 Å². The van der Waals surface area contributed by atoms with E-state index in [1.54, 1.807) is 0 Å². The van der Waals surface area contributed by atoms with Crippen molar-refractivity contribution < 1.29 is 9.53 Å². The molecule has 2 aromatic carbocycles. The molecule has 0 heterocycles. The lowest BCUT2D eigenvalue weighted by Gasteiger charge is -2.26. The number of hydrogen-bond acceptors (Lipinski definition) is 2. The van der Waals surface area contributed by atoms with Gasteiger partial charge in [0.15, 0.2) is 0 Å². The number of allylic oxidation sites excluding steroid dienone is 2. The lowest BCUT2D eigenvalue weighted by Crippen LogP contribution is -2.18. The van der Waals surface area contributed by atoms with Crippen molar-refractivity contribution in [3.05, 3.63) is 64.7 Å². The molecular weight excluding hydrogens is 260 g/mol. The minimum absolute atomic E-state index is 0.219. The van der Waals surface area contributed by atoms with E-state index in [1.165, 1.54) is 16.3 Å². The van der Waals surface area contributed by atoms with Gasteiger partial charge in [-0.05, 0) is 59.9 Å². The number of hydrogen-bond donors (Lipinski definition) is 0. The topological polar surface area (TPSA) is 26.3 Å². The fourth-order valence-electron chi connectivity index (χ4n) is 2.85. The standard InChI is InChI=1S/C19H18O2/c1-4-21-19(20)18-13(3)12(2)17(18)16-10-9-14-7-5-6-8-15(14)11-16/h5-11H,4H2,1-3H3. The zero-order valence-corrected chi connectivity index (χ0v) is 12.6. The number of rotatable bonds is 3. The van der Waals surface area contributed by atoms with Gasteiger partial charge in [-0.25, -0.2) is 4.79 Å². The van der Waals surface area contributed by atoms with Gasteiger partial charge in [-0.15, -0.1) is 0 Å². The molecule has 0 fully saturated rings. The minimum atomic E-state index is -0.219. The normalized spacial score (nSPS) is 14.4. The summed E-state index contributed by atoms with van der Waals surface area (Å²) in [5.41, 5.74) is 5.05. The third kappa shape index (κ3) is 2.17. The molecule has 1 aliphatic carbocycles. The summed E-state index contributed by atoms with van der Waals surface area (Å²) in [6.45, 7) is 6.27. The molecule has 0 saturated heterocycles. The number of benzene rings is 2. The van der Waals surface area contributed by atoms with Crippen LogP contribution < -0.4 is 0 Å². The van der Waals surface area contributed by atoms with E-state index in [0.717, 1.165) is 22.3 Å². The first kappa shape index (κ1) is 13.6. The van der Waals surface area contributed by atoms with E-state index < -0.39 is 0 Å². The van der Waals surface area contributed by atoms with Gasteiger partial charge >= 0.3 is 5.97 Å². The fraction of sp³-hybridized carbons (Fsp3) is 0.211. The molecule has 0 N–H and O–H groups in total. The Morgan fingerprint density at radius 2 is 1.71 bits per heavy atom. The first-order valence-electron chi connectivity index (χ1n) is 7.22. The second-order valence-corrected chi connectivity index (χ2v) is 5.28. The predicted molar refractivity (Wildman–Crippen MR) is 85.9 cm³/mol. The highest BCUT2D eigenvalue weighted by Gasteiger charge is 2.30. The number of esters is 1. The predicted octanol–water partition coefficient (Wildman–Crippen LogP) is 4.51. The Labute approximate surface area is 124 Å². The highest BCUT2D eigenvalue weighted by Crippen LogP contribution is 2.42. The maximum Gasteiger partial charge on any atom is 0.339 e. The molecule has 106 valence electrons. The van der Waals surface area contributed by atoms with Crippen LogP contribution in [0.3, 0.4) is 0 Å². The summed E-state index contributed by atoms with van der Waals surface area (Å²) >= 11 is 0. The zero-order valence-electron chi connectivity index (χ0n) is 12.6. The molecule has 2 aromatic rings. The molecule has 0 radical (unpaired) electrons. The van der Waals surface area contributed by atoms with Crippen LogP contribution in [0.5, 0.6) is 0 Å². The molecule has 2 heteroatoms. The maximum absolute atomic E-state index is 12.1. The Balaban J connectivity index is 2.09. The van der Waals surface area contributed by atoms with E-state index >= 15 is 0 Å². The van der Waals surface area contributed by atoms with Gasteiger partial charge in [0.05, 0.1) is 12.2 Å². The maximum atomic E-state index is 12.1. The van der Waals surface area contributed by atoms with E-state index in [1.807, 2.05) is 26.0 Å². The molecule has 2 nitrogen and oxygen atoms in total. The van der Waals surface area contributed by atoms with Crippen LogP contribution in [0.15, 0.2) is 59.2 Å². The summed E-state index contributed by atoms with van der Waals surface area (Å²) in [4.78, 5) is 12.1. The first-order chi connectivity index (χ1) is 10.1. The highest BCUT2D eigenvalue weighted by molar-refractivity contribution is 6.12. The third-order valence-corrected chi connectivity index (χ3v) is 4.08. The molecule has 0 atom stereocenters. The Morgan fingerprint density at radius 1 is 1.00 bits per heavy atom. The van der Waals surface area contributed by atoms with Crippen LogP contribution in [-0.2, 0) is 9.53 Å². The van der Waals surface area contributed by atoms with Crippen molar-refractivity contribution in [1.82, 2.24) is 0 Å². The van der Waals surface area contributed by atoms with Crippen LogP contribution in [0.1, 0.15) is 26.3 Å². The van der Waals surface area contributed by atoms with Crippen LogP contribution in [0.2, 0.25) is 0 Å². The van der Waals surface area contributed by atoms with Gasteiger partial charge in [-0.1, -0.05) is 36.4 Å². The second-order valence-electron chi connectivity index (χ2n) is 5.28. The van der Waals surface area contributed by atoms with E-state index in [2.05, 4.69) is 37.3 Å². The molecular formula is C19H18O2. The monoisotopic (exact) mass is 278 g/mol.